The number of rotatable bonds is 7. The molecule has 0 aliphatic carbocycles. The predicted molar refractivity (Wildman–Crippen MR) is 78.7 cm³/mol. The van der Waals surface area contributed by atoms with Crippen molar-refractivity contribution in [3.05, 3.63) is 29.3 Å². The maximum Gasteiger partial charge on any atom is 0.248 e. The highest BCUT2D eigenvalue weighted by molar-refractivity contribution is 5.93. The maximum atomic E-state index is 11.1. The standard InChI is InChI=1S/C14H22N4O2/c1-9(2)6-18(8-13(16)19)7-11-4-3-10(14(17)20)5-12(11)15/h3-5,9H,6-8,15H2,1-2H3,(H2,16,19)(H2,17,20). The van der Waals surface area contributed by atoms with Crippen LogP contribution in [0.5, 0.6) is 0 Å². The number of hydrogen-bond donors (Lipinski definition) is 3. The summed E-state index contributed by atoms with van der Waals surface area (Å²) in [6.07, 6.45) is 0. The van der Waals surface area contributed by atoms with Crippen LogP contribution in [0, 0.1) is 5.92 Å². The fourth-order valence-electron chi connectivity index (χ4n) is 2.05. The Kier molecular flexibility index (Phi) is 5.52. The van der Waals surface area contributed by atoms with Crippen molar-refractivity contribution >= 4 is 17.5 Å². The number of carbonyl (C=O) groups is 2. The van der Waals surface area contributed by atoms with Gasteiger partial charge in [0.1, 0.15) is 0 Å². The average molecular weight is 278 g/mol. The van der Waals surface area contributed by atoms with E-state index in [1.807, 2.05) is 4.90 Å². The van der Waals surface area contributed by atoms with E-state index in [9.17, 15) is 9.59 Å². The summed E-state index contributed by atoms with van der Waals surface area (Å²) in [6.45, 7) is 5.54. The molecule has 0 saturated heterocycles. The largest absolute Gasteiger partial charge is 0.398 e. The van der Waals surface area contributed by atoms with Crippen molar-refractivity contribution in [2.45, 2.75) is 20.4 Å². The van der Waals surface area contributed by atoms with Crippen LogP contribution >= 0.6 is 0 Å². The zero-order valence-electron chi connectivity index (χ0n) is 11.9. The van der Waals surface area contributed by atoms with E-state index in [2.05, 4.69) is 13.8 Å². The zero-order valence-corrected chi connectivity index (χ0v) is 11.9. The number of primary amides is 2. The minimum Gasteiger partial charge on any atom is -0.398 e. The predicted octanol–water partition coefficient (Wildman–Crippen LogP) is 0.311. The summed E-state index contributed by atoms with van der Waals surface area (Å²) in [5.41, 5.74) is 18.1. The third kappa shape index (κ3) is 4.89. The molecule has 0 aliphatic rings. The van der Waals surface area contributed by atoms with Gasteiger partial charge in [-0.3, -0.25) is 14.5 Å². The lowest BCUT2D eigenvalue weighted by atomic mass is 10.1. The number of nitrogen functional groups attached to an aromatic ring is 1. The van der Waals surface area contributed by atoms with Crippen molar-refractivity contribution in [2.75, 3.05) is 18.8 Å². The molecule has 6 nitrogen and oxygen atoms in total. The van der Waals surface area contributed by atoms with Crippen LogP contribution in [-0.2, 0) is 11.3 Å². The summed E-state index contributed by atoms with van der Waals surface area (Å²) in [7, 11) is 0. The normalized spacial score (nSPS) is 11.0. The van der Waals surface area contributed by atoms with Crippen LogP contribution in [-0.4, -0.2) is 29.8 Å². The van der Waals surface area contributed by atoms with Gasteiger partial charge in [-0.05, 0) is 23.6 Å². The second kappa shape index (κ2) is 6.91. The highest BCUT2D eigenvalue weighted by Crippen LogP contribution is 2.17. The Morgan fingerprint density at radius 1 is 1.25 bits per heavy atom. The number of anilines is 1. The van der Waals surface area contributed by atoms with Gasteiger partial charge in [0.15, 0.2) is 0 Å². The molecule has 0 aliphatic heterocycles. The van der Waals surface area contributed by atoms with E-state index in [-0.39, 0.29) is 12.5 Å². The molecule has 0 unspecified atom stereocenters. The Morgan fingerprint density at radius 3 is 2.35 bits per heavy atom. The molecule has 6 heteroatoms. The van der Waals surface area contributed by atoms with Crippen molar-refractivity contribution in [2.24, 2.45) is 17.4 Å². The molecule has 0 saturated carbocycles. The number of nitrogens with two attached hydrogens (primary N) is 3. The Balaban J connectivity index is 2.87. The van der Waals surface area contributed by atoms with Gasteiger partial charge in [-0.25, -0.2) is 0 Å². The highest BCUT2D eigenvalue weighted by Gasteiger charge is 2.13. The van der Waals surface area contributed by atoms with Crippen LogP contribution in [0.2, 0.25) is 0 Å². The summed E-state index contributed by atoms with van der Waals surface area (Å²) in [5.74, 6) is -0.488. The number of hydrogen-bond acceptors (Lipinski definition) is 4. The first-order chi connectivity index (χ1) is 9.29. The van der Waals surface area contributed by atoms with E-state index >= 15 is 0 Å². The minimum atomic E-state index is -0.514. The lowest BCUT2D eigenvalue weighted by Crippen LogP contribution is -2.36. The van der Waals surface area contributed by atoms with E-state index in [0.717, 1.165) is 12.1 Å². The van der Waals surface area contributed by atoms with Gasteiger partial charge in [-0.15, -0.1) is 0 Å². The summed E-state index contributed by atoms with van der Waals surface area (Å²) < 4.78 is 0. The van der Waals surface area contributed by atoms with Gasteiger partial charge in [0.05, 0.1) is 6.54 Å². The molecule has 0 spiro atoms. The van der Waals surface area contributed by atoms with E-state index in [1.54, 1.807) is 18.2 Å². The third-order valence-electron chi connectivity index (χ3n) is 2.83. The molecule has 6 N–H and O–H groups in total. The lowest BCUT2D eigenvalue weighted by Gasteiger charge is -2.23. The van der Waals surface area contributed by atoms with E-state index in [0.29, 0.717) is 23.7 Å². The van der Waals surface area contributed by atoms with Crippen molar-refractivity contribution in [3.8, 4) is 0 Å². The SMILES string of the molecule is CC(C)CN(CC(N)=O)Cc1ccc(C(N)=O)cc1N. The first-order valence-electron chi connectivity index (χ1n) is 6.48. The molecular weight excluding hydrogens is 256 g/mol. The van der Waals surface area contributed by atoms with Gasteiger partial charge in [0, 0.05) is 24.3 Å². The molecule has 0 atom stereocenters. The third-order valence-corrected chi connectivity index (χ3v) is 2.83. The van der Waals surface area contributed by atoms with Crippen LogP contribution in [0.25, 0.3) is 0 Å². The lowest BCUT2D eigenvalue weighted by molar-refractivity contribution is -0.119. The minimum absolute atomic E-state index is 0.176. The Morgan fingerprint density at radius 2 is 1.90 bits per heavy atom. The molecule has 1 rings (SSSR count). The molecule has 0 aromatic heterocycles. The molecule has 0 bridgehead atoms. The van der Waals surface area contributed by atoms with E-state index in [1.165, 1.54) is 0 Å². The number of nitrogens with zero attached hydrogens (tertiary/aromatic N) is 1. The average Bonchev–Trinajstić information content (AvgIpc) is 2.29. The fourth-order valence-corrected chi connectivity index (χ4v) is 2.05. The zero-order chi connectivity index (χ0) is 15.3. The van der Waals surface area contributed by atoms with Gasteiger partial charge in [0.25, 0.3) is 0 Å². The molecule has 20 heavy (non-hydrogen) atoms. The van der Waals surface area contributed by atoms with Gasteiger partial charge in [0.2, 0.25) is 11.8 Å². The quantitative estimate of drug-likeness (QED) is 0.622. The summed E-state index contributed by atoms with van der Waals surface area (Å²) in [6, 6.07) is 4.94. The summed E-state index contributed by atoms with van der Waals surface area (Å²) >= 11 is 0. The van der Waals surface area contributed by atoms with Crippen molar-refractivity contribution in [1.29, 1.82) is 0 Å². The summed E-state index contributed by atoms with van der Waals surface area (Å²) in [5, 5.41) is 0. The molecule has 110 valence electrons. The molecule has 0 heterocycles. The van der Waals surface area contributed by atoms with Crippen molar-refractivity contribution < 1.29 is 9.59 Å². The Labute approximate surface area is 118 Å². The highest BCUT2D eigenvalue weighted by atomic mass is 16.1. The summed E-state index contributed by atoms with van der Waals surface area (Å²) in [4.78, 5) is 24.1. The van der Waals surface area contributed by atoms with Gasteiger partial charge in [-0.2, -0.15) is 0 Å². The maximum absolute atomic E-state index is 11.1. The van der Waals surface area contributed by atoms with Crippen molar-refractivity contribution in [3.63, 3.8) is 0 Å². The molecular formula is C14H22N4O2. The first kappa shape index (κ1) is 16.0. The van der Waals surface area contributed by atoms with Gasteiger partial charge < -0.3 is 17.2 Å². The molecule has 0 fully saturated rings. The van der Waals surface area contributed by atoms with Crippen LogP contribution in [0.3, 0.4) is 0 Å². The van der Waals surface area contributed by atoms with Crippen LogP contribution in [0.15, 0.2) is 18.2 Å². The number of benzene rings is 1. The molecule has 1 aromatic rings. The first-order valence-corrected chi connectivity index (χ1v) is 6.48. The van der Waals surface area contributed by atoms with Crippen LogP contribution in [0.1, 0.15) is 29.8 Å². The van der Waals surface area contributed by atoms with Crippen molar-refractivity contribution in [1.82, 2.24) is 4.90 Å². The monoisotopic (exact) mass is 278 g/mol. The van der Waals surface area contributed by atoms with E-state index < -0.39 is 5.91 Å². The second-order valence-corrected chi connectivity index (χ2v) is 5.31. The Bertz CT molecular complexity index is 500. The number of amides is 2. The van der Waals surface area contributed by atoms with Gasteiger partial charge >= 0.3 is 0 Å². The van der Waals surface area contributed by atoms with Crippen LogP contribution < -0.4 is 17.2 Å². The number of carbonyl (C=O) groups excluding carboxylic acids is 2. The van der Waals surface area contributed by atoms with Gasteiger partial charge in [-0.1, -0.05) is 19.9 Å². The topological polar surface area (TPSA) is 115 Å². The van der Waals surface area contributed by atoms with Crippen LogP contribution in [0.4, 0.5) is 5.69 Å². The molecule has 0 radical (unpaired) electrons. The Hall–Kier alpha value is -2.08. The molecule has 2 amide bonds. The molecule has 1 aromatic carbocycles. The smallest absolute Gasteiger partial charge is 0.248 e. The second-order valence-electron chi connectivity index (χ2n) is 5.31. The fraction of sp³-hybridized carbons (Fsp3) is 0.429. The van der Waals surface area contributed by atoms with E-state index in [4.69, 9.17) is 17.2 Å².